The zero-order chi connectivity index (χ0) is 16.7. The topological polar surface area (TPSA) is 59.0 Å². The Morgan fingerprint density at radius 2 is 1.96 bits per heavy atom. The predicted molar refractivity (Wildman–Crippen MR) is 101 cm³/mol. The lowest BCUT2D eigenvalue weighted by molar-refractivity contribution is 0.0924. The van der Waals surface area contributed by atoms with Crippen molar-refractivity contribution in [2.24, 2.45) is 7.05 Å². The molecule has 0 radical (unpaired) electrons. The van der Waals surface area contributed by atoms with E-state index in [1.807, 2.05) is 31.3 Å². The number of nitrogens with zero attached hydrogens (tertiary/aromatic N) is 2. The molecule has 0 saturated carbocycles. The fraction of sp³-hybridized carbons (Fsp3) is 0.444. The third-order valence-corrected chi connectivity index (χ3v) is 5.34. The molecule has 4 rings (SSSR count). The van der Waals surface area contributed by atoms with Crippen LogP contribution in [-0.2, 0) is 7.05 Å². The highest BCUT2D eigenvalue weighted by Gasteiger charge is 2.34. The van der Waals surface area contributed by atoms with Gasteiger partial charge < -0.3 is 10.6 Å². The average molecular weight is 381 g/mol. The Kier molecular flexibility index (Phi) is 5.37. The molecule has 25 heavy (non-hydrogen) atoms. The summed E-state index contributed by atoms with van der Waals surface area (Å²) in [5.74, 6) is -0.0654. The molecule has 2 fully saturated rings. The second-order valence-corrected chi connectivity index (χ2v) is 7.23. The van der Waals surface area contributed by atoms with Crippen LogP contribution in [0.1, 0.15) is 36.0 Å². The highest BCUT2D eigenvalue weighted by Crippen LogP contribution is 2.30. The minimum Gasteiger partial charge on any atom is -0.349 e. The van der Waals surface area contributed by atoms with E-state index in [1.54, 1.807) is 10.9 Å². The summed E-state index contributed by atoms with van der Waals surface area (Å²) in [6.45, 7) is 0. The largest absolute Gasteiger partial charge is 0.349 e. The maximum atomic E-state index is 12.8. The molecule has 134 valence electrons. The van der Waals surface area contributed by atoms with E-state index in [4.69, 9.17) is 11.6 Å². The molecule has 2 aromatic rings. The van der Waals surface area contributed by atoms with Gasteiger partial charge >= 0.3 is 0 Å². The van der Waals surface area contributed by atoms with Gasteiger partial charge in [0.1, 0.15) is 5.69 Å². The molecular weight excluding hydrogens is 359 g/mol. The summed E-state index contributed by atoms with van der Waals surface area (Å²) in [4.78, 5) is 12.8. The van der Waals surface area contributed by atoms with Gasteiger partial charge in [0.2, 0.25) is 0 Å². The van der Waals surface area contributed by atoms with Crippen LogP contribution in [0.5, 0.6) is 0 Å². The van der Waals surface area contributed by atoms with Gasteiger partial charge in [-0.3, -0.25) is 9.48 Å². The number of hydrogen-bond donors (Lipinski definition) is 2. The van der Waals surface area contributed by atoms with Crippen molar-refractivity contribution in [2.75, 3.05) is 0 Å². The smallest absolute Gasteiger partial charge is 0.255 e. The molecule has 7 heteroatoms. The van der Waals surface area contributed by atoms with Crippen LogP contribution in [0.15, 0.2) is 30.5 Å². The number of benzene rings is 1. The molecule has 0 aliphatic carbocycles. The van der Waals surface area contributed by atoms with Gasteiger partial charge in [-0.25, -0.2) is 0 Å². The SMILES string of the molecule is Cl.Cn1cc(C(=O)NC2CC3CCC(C2)N3)c(-c2ccccc2Cl)n1. The van der Waals surface area contributed by atoms with Crippen LogP contribution in [0.3, 0.4) is 0 Å². The lowest BCUT2D eigenvalue weighted by atomic mass is 9.99. The van der Waals surface area contributed by atoms with E-state index in [2.05, 4.69) is 15.7 Å². The fourth-order valence-electron chi connectivity index (χ4n) is 3.95. The number of carbonyl (C=O) groups excluding carboxylic acids is 1. The normalized spacial score (nSPS) is 24.6. The Bertz CT molecular complexity index is 764. The Labute approximate surface area is 158 Å². The zero-order valence-corrected chi connectivity index (χ0v) is 15.6. The molecule has 0 spiro atoms. The van der Waals surface area contributed by atoms with Crippen LogP contribution in [0, 0.1) is 0 Å². The standard InChI is InChI=1S/C18H21ClN4O.ClH/c1-23-10-15(17(22-23)14-4-2-3-5-16(14)19)18(24)21-13-8-11-6-7-12(9-13)20-11;/h2-5,10-13,20H,6-9H2,1H3,(H,21,24);1H. The first-order valence-electron chi connectivity index (χ1n) is 8.45. The van der Waals surface area contributed by atoms with Gasteiger partial charge in [0.25, 0.3) is 5.91 Å². The lowest BCUT2D eigenvalue weighted by Crippen LogP contribution is -2.48. The summed E-state index contributed by atoms with van der Waals surface area (Å²) < 4.78 is 1.67. The number of nitrogens with one attached hydrogen (secondary N) is 2. The van der Waals surface area contributed by atoms with Gasteiger partial charge in [0, 0.05) is 36.9 Å². The lowest BCUT2D eigenvalue weighted by Gasteiger charge is -2.29. The summed E-state index contributed by atoms with van der Waals surface area (Å²) >= 11 is 6.29. The molecule has 1 aromatic carbocycles. The molecule has 3 heterocycles. The summed E-state index contributed by atoms with van der Waals surface area (Å²) in [5.41, 5.74) is 2.00. The van der Waals surface area contributed by atoms with Gasteiger partial charge in [0.15, 0.2) is 0 Å². The van der Waals surface area contributed by atoms with Crippen molar-refractivity contribution in [3.8, 4) is 11.3 Å². The molecule has 2 unspecified atom stereocenters. The first-order valence-corrected chi connectivity index (χ1v) is 8.83. The van der Waals surface area contributed by atoms with Crippen molar-refractivity contribution in [1.82, 2.24) is 20.4 Å². The van der Waals surface area contributed by atoms with Crippen LogP contribution < -0.4 is 10.6 Å². The molecular formula is C18H22Cl2N4O. The van der Waals surface area contributed by atoms with Crippen molar-refractivity contribution in [3.05, 3.63) is 41.0 Å². The van der Waals surface area contributed by atoms with Crippen molar-refractivity contribution in [2.45, 2.75) is 43.8 Å². The minimum absolute atomic E-state index is 0. The van der Waals surface area contributed by atoms with Crippen LogP contribution in [0.2, 0.25) is 5.02 Å². The summed E-state index contributed by atoms with van der Waals surface area (Å²) in [6.07, 6.45) is 6.21. The second kappa shape index (κ2) is 7.36. The van der Waals surface area contributed by atoms with E-state index in [0.717, 1.165) is 18.4 Å². The Balaban J connectivity index is 0.00000182. The molecule has 2 aliphatic rings. The van der Waals surface area contributed by atoms with E-state index in [9.17, 15) is 4.79 Å². The number of rotatable bonds is 3. The monoisotopic (exact) mass is 380 g/mol. The van der Waals surface area contributed by atoms with Crippen LogP contribution in [-0.4, -0.2) is 33.8 Å². The third-order valence-electron chi connectivity index (χ3n) is 5.01. The second-order valence-electron chi connectivity index (χ2n) is 6.82. The number of aryl methyl sites for hydroxylation is 1. The van der Waals surface area contributed by atoms with Crippen LogP contribution in [0.25, 0.3) is 11.3 Å². The molecule has 1 aromatic heterocycles. The molecule has 5 nitrogen and oxygen atoms in total. The number of piperidine rings is 1. The number of halogens is 2. The first kappa shape index (κ1) is 18.2. The molecule has 2 atom stereocenters. The predicted octanol–water partition coefficient (Wildman–Crippen LogP) is 3.18. The van der Waals surface area contributed by atoms with Gasteiger partial charge in [-0.2, -0.15) is 5.10 Å². The highest BCUT2D eigenvalue weighted by molar-refractivity contribution is 6.33. The van der Waals surface area contributed by atoms with Crippen molar-refractivity contribution >= 4 is 29.9 Å². The fourth-order valence-corrected chi connectivity index (χ4v) is 4.17. The van der Waals surface area contributed by atoms with E-state index in [1.165, 1.54) is 12.8 Å². The molecule has 2 N–H and O–H groups in total. The summed E-state index contributed by atoms with van der Waals surface area (Å²) in [6, 6.07) is 8.82. The van der Waals surface area contributed by atoms with Gasteiger partial charge in [0.05, 0.1) is 10.6 Å². The van der Waals surface area contributed by atoms with Crippen molar-refractivity contribution in [1.29, 1.82) is 0 Å². The van der Waals surface area contributed by atoms with E-state index < -0.39 is 0 Å². The Morgan fingerprint density at radius 3 is 2.64 bits per heavy atom. The third kappa shape index (κ3) is 3.68. The number of amides is 1. The van der Waals surface area contributed by atoms with Gasteiger partial charge in [-0.1, -0.05) is 29.8 Å². The quantitative estimate of drug-likeness (QED) is 0.859. The van der Waals surface area contributed by atoms with Crippen LogP contribution in [0.4, 0.5) is 0 Å². The van der Waals surface area contributed by atoms with Crippen LogP contribution >= 0.6 is 24.0 Å². The zero-order valence-electron chi connectivity index (χ0n) is 14.0. The maximum absolute atomic E-state index is 12.8. The maximum Gasteiger partial charge on any atom is 0.255 e. The number of aromatic nitrogens is 2. The van der Waals surface area contributed by atoms with Gasteiger partial charge in [-0.05, 0) is 31.7 Å². The minimum atomic E-state index is -0.0654. The average Bonchev–Trinajstić information content (AvgIpc) is 3.10. The first-order chi connectivity index (χ1) is 11.6. The Morgan fingerprint density at radius 1 is 1.28 bits per heavy atom. The number of carbonyl (C=O) groups is 1. The van der Waals surface area contributed by atoms with Crippen molar-refractivity contribution < 1.29 is 4.79 Å². The highest BCUT2D eigenvalue weighted by atomic mass is 35.5. The number of fused-ring (bicyclic) bond motifs is 2. The molecule has 2 bridgehead atoms. The summed E-state index contributed by atoms with van der Waals surface area (Å²) in [7, 11) is 1.82. The van der Waals surface area contributed by atoms with E-state index in [0.29, 0.717) is 28.4 Å². The number of hydrogen-bond acceptors (Lipinski definition) is 3. The van der Waals surface area contributed by atoms with E-state index in [-0.39, 0.29) is 24.4 Å². The molecule has 2 saturated heterocycles. The molecule has 2 aliphatic heterocycles. The summed E-state index contributed by atoms with van der Waals surface area (Å²) in [5, 5.41) is 11.9. The van der Waals surface area contributed by atoms with E-state index >= 15 is 0 Å². The Hall–Kier alpha value is -1.56. The van der Waals surface area contributed by atoms with Crippen molar-refractivity contribution in [3.63, 3.8) is 0 Å². The molecule has 1 amide bonds. The van der Waals surface area contributed by atoms with Gasteiger partial charge in [-0.15, -0.1) is 12.4 Å².